The fourth-order valence-corrected chi connectivity index (χ4v) is 3.31. The number of hydrogen-bond acceptors (Lipinski definition) is 4. The molecule has 0 bridgehead atoms. The molecule has 1 aromatic rings. The molecule has 0 saturated heterocycles. The Balaban J connectivity index is 1.81. The van der Waals surface area contributed by atoms with Gasteiger partial charge < -0.3 is 15.7 Å². The molecule has 0 spiro atoms. The second-order valence-electron chi connectivity index (χ2n) is 5.76. The Bertz CT molecular complexity index is 481. The molecule has 0 aliphatic heterocycles. The maximum Gasteiger partial charge on any atom is 0.261 e. The van der Waals surface area contributed by atoms with E-state index >= 15 is 0 Å². The van der Waals surface area contributed by atoms with E-state index in [9.17, 15) is 14.7 Å². The summed E-state index contributed by atoms with van der Waals surface area (Å²) in [5, 5.41) is 16.9. The van der Waals surface area contributed by atoms with Gasteiger partial charge in [-0.15, -0.1) is 11.3 Å². The van der Waals surface area contributed by atoms with Crippen molar-refractivity contribution >= 4 is 23.2 Å². The lowest BCUT2D eigenvalue weighted by atomic mass is 9.87. The zero-order valence-electron chi connectivity index (χ0n) is 12.2. The third-order valence-electron chi connectivity index (χ3n) is 4.12. The Labute approximate surface area is 128 Å². The first-order chi connectivity index (χ1) is 10.1. The van der Waals surface area contributed by atoms with Gasteiger partial charge in [0.05, 0.1) is 11.5 Å². The average Bonchev–Trinajstić information content (AvgIpc) is 3.16. The molecule has 3 N–H and O–H groups in total. The molecule has 0 radical (unpaired) electrons. The number of amides is 2. The maximum atomic E-state index is 12.1. The van der Waals surface area contributed by atoms with Gasteiger partial charge in [-0.1, -0.05) is 18.9 Å². The summed E-state index contributed by atoms with van der Waals surface area (Å²) in [5.74, 6) is -0.440. The van der Waals surface area contributed by atoms with Crippen molar-refractivity contribution in [1.82, 2.24) is 10.6 Å². The summed E-state index contributed by atoms with van der Waals surface area (Å²) in [4.78, 5) is 24.5. The second kappa shape index (κ2) is 7.04. The molecule has 1 fully saturated rings. The van der Waals surface area contributed by atoms with Gasteiger partial charge in [-0.25, -0.2) is 0 Å². The quantitative estimate of drug-likeness (QED) is 0.746. The molecule has 5 nitrogen and oxygen atoms in total. The van der Waals surface area contributed by atoms with Crippen LogP contribution < -0.4 is 10.6 Å². The summed E-state index contributed by atoms with van der Waals surface area (Å²) in [7, 11) is 0. The highest BCUT2D eigenvalue weighted by Gasteiger charge is 2.33. The van der Waals surface area contributed by atoms with Gasteiger partial charge in [-0.05, 0) is 31.2 Å². The molecule has 6 heteroatoms. The number of rotatable bonds is 6. The van der Waals surface area contributed by atoms with Crippen molar-refractivity contribution < 1.29 is 14.7 Å². The molecule has 1 aliphatic carbocycles. The second-order valence-corrected chi connectivity index (χ2v) is 6.70. The van der Waals surface area contributed by atoms with Gasteiger partial charge in [0.25, 0.3) is 5.91 Å². The Morgan fingerprint density at radius 1 is 1.43 bits per heavy atom. The van der Waals surface area contributed by atoms with Crippen LogP contribution in [0.25, 0.3) is 0 Å². The minimum Gasteiger partial charge on any atom is -0.396 e. The Kier molecular flexibility index (Phi) is 5.36. The highest BCUT2D eigenvalue weighted by atomic mass is 32.1. The van der Waals surface area contributed by atoms with E-state index in [1.165, 1.54) is 11.3 Å². The first-order valence-electron chi connectivity index (χ1n) is 7.29. The molecule has 1 atom stereocenters. The normalized spacial score (nSPS) is 18.2. The summed E-state index contributed by atoms with van der Waals surface area (Å²) in [6.45, 7) is 2.24. The Morgan fingerprint density at radius 3 is 2.71 bits per heavy atom. The summed E-state index contributed by atoms with van der Waals surface area (Å²) in [6.07, 6.45) is 4.08. The summed E-state index contributed by atoms with van der Waals surface area (Å²) < 4.78 is 0. The van der Waals surface area contributed by atoms with Crippen LogP contribution in [0.4, 0.5) is 0 Å². The van der Waals surface area contributed by atoms with E-state index in [-0.39, 0.29) is 23.8 Å². The van der Waals surface area contributed by atoms with Crippen molar-refractivity contribution in [3.05, 3.63) is 22.4 Å². The van der Waals surface area contributed by atoms with Gasteiger partial charge in [0, 0.05) is 12.0 Å². The minimum absolute atomic E-state index is 0.100. The van der Waals surface area contributed by atoms with Crippen LogP contribution in [0.2, 0.25) is 0 Å². The molecular weight excluding hydrogens is 288 g/mol. The number of aliphatic hydroxyl groups excluding tert-OH is 1. The van der Waals surface area contributed by atoms with E-state index in [0.29, 0.717) is 11.4 Å². The predicted molar refractivity (Wildman–Crippen MR) is 82.2 cm³/mol. The molecule has 1 aromatic heterocycles. The van der Waals surface area contributed by atoms with Crippen LogP contribution in [0.3, 0.4) is 0 Å². The van der Waals surface area contributed by atoms with E-state index in [0.717, 1.165) is 25.7 Å². The Hall–Kier alpha value is -1.40. The summed E-state index contributed by atoms with van der Waals surface area (Å²) >= 11 is 1.34. The average molecular weight is 310 g/mol. The van der Waals surface area contributed by atoms with Crippen LogP contribution in [0, 0.1) is 5.41 Å². The first-order valence-corrected chi connectivity index (χ1v) is 8.17. The largest absolute Gasteiger partial charge is 0.396 e. The number of carbonyl (C=O) groups is 2. The molecule has 0 aromatic carbocycles. The van der Waals surface area contributed by atoms with Crippen LogP contribution in [-0.4, -0.2) is 36.1 Å². The molecule has 1 saturated carbocycles. The molecule has 2 amide bonds. The lowest BCUT2D eigenvalue weighted by Gasteiger charge is -2.27. The van der Waals surface area contributed by atoms with E-state index in [4.69, 9.17) is 0 Å². The van der Waals surface area contributed by atoms with E-state index < -0.39 is 6.04 Å². The van der Waals surface area contributed by atoms with Crippen molar-refractivity contribution in [2.45, 2.75) is 38.6 Å². The smallest absolute Gasteiger partial charge is 0.261 e. The monoisotopic (exact) mass is 310 g/mol. The maximum absolute atomic E-state index is 12.1. The van der Waals surface area contributed by atoms with Gasteiger partial charge in [0.1, 0.15) is 6.04 Å². The minimum atomic E-state index is -0.586. The van der Waals surface area contributed by atoms with Crippen molar-refractivity contribution in [3.8, 4) is 0 Å². The SMILES string of the molecule is CC(NC(=O)c1cccs1)C(=O)NCC1(CO)CCCC1. The van der Waals surface area contributed by atoms with Gasteiger partial charge >= 0.3 is 0 Å². The topological polar surface area (TPSA) is 78.4 Å². The Morgan fingerprint density at radius 2 is 2.14 bits per heavy atom. The van der Waals surface area contributed by atoms with Gasteiger partial charge in [0.15, 0.2) is 0 Å². The highest BCUT2D eigenvalue weighted by molar-refractivity contribution is 7.12. The van der Waals surface area contributed by atoms with E-state index in [1.54, 1.807) is 19.1 Å². The lowest BCUT2D eigenvalue weighted by molar-refractivity contribution is -0.123. The van der Waals surface area contributed by atoms with Gasteiger partial charge in [-0.3, -0.25) is 9.59 Å². The third kappa shape index (κ3) is 4.04. The third-order valence-corrected chi connectivity index (χ3v) is 4.99. The number of hydrogen-bond donors (Lipinski definition) is 3. The zero-order chi connectivity index (χ0) is 15.3. The fraction of sp³-hybridized carbons (Fsp3) is 0.600. The van der Waals surface area contributed by atoms with Crippen LogP contribution in [0.15, 0.2) is 17.5 Å². The highest BCUT2D eigenvalue weighted by Crippen LogP contribution is 2.36. The van der Waals surface area contributed by atoms with Gasteiger partial charge in [-0.2, -0.15) is 0 Å². The van der Waals surface area contributed by atoms with Crippen LogP contribution in [-0.2, 0) is 4.79 Å². The van der Waals surface area contributed by atoms with Crippen molar-refractivity contribution in [2.75, 3.05) is 13.2 Å². The van der Waals surface area contributed by atoms with E-state index in [2.05, 4.69) is 10.6 Å². The van der Waals surface area contributed by atoms with Crippen LogP contribution >= 0.6 is 11.3 Å². The molecule has 1 aliphatic rings. The standard InChI is InChI=1S/C15H22N2O3S/c1-11(17-14(20)12-5-4-8-21-12)13(19)16-9-15(10-18)6-2-3-7-15/h4-5,8,11,18H,2-3,6-7,9-10H2,1H3,(H,16,19)(H,17,20). The summed E-state index contributed by atoms with van der Waals surface area (Å²) in [5.41, 5.74) is -0.173. The number of nitrogens with one attached hydrogen (secondary N) is 2. The number of carbonyl (C=O) groups excluding carboxylic acids is 2. The van der Waals surface area contributed by atoms with Crippen molar-refractivity contribution in [1.29, 1.82) is 0 Å². The van der Waals surface area contributed by atoms with Crippen LogP contribution in [0.5, 0.6) is 0 Å². The lowest BCUT2D eigenvalue weighted by Crippen LogP contribution is -2.48. The molecular formula is C15H22N2O3S. The predicted octanol–water partition coefficient (Wildman–Crippen LogP) is 1.54. The first kappa shape index (κ1) is 16.0. The number of aliphatic hydroxyl groups is 1. The molecule has 1 heterocycles. The summed E-state index contributed by atoms with van der Waals surface area (Å²) in [6, 6.07) is 2.94. The van der Waals surface area contributed by atoms with Gasteiger partial charge in [0.2, 0.25) is 5.91 Å². The van der Waals surface area contributed by atoms with Crippen LogP contribution in [0.1, 0.15) is 42.3 Å². The fourth-order valence-electron chi connectivity index (χ4n) is 2.68. The van der Waals surface area contributed by atoms with Crippen molar-refractivity contribution in [2.24, 2.45) is 5.41 Å². The van der Waals surface area contributed by atoms with Crippen molar-refractivity contribution in [3.63, 3.8) is 0 Å². The number of thiophene rings is 1. The molecule has 116 valence electrons. The zero-order valence-corrected chi connectivity index (χ0v) is 13.0. The molecule has 21 heavy (non-hydrogen) atoms. The molecule has 1 unspecified atom stereocenters. The van der Waals surface area contributed by atoms with E-state index in [1.807, 2.05) is 5.38 Å². The molecule has 2 rings (SSSR count).